The summed E-state index contributed by atoms with van der Waals surface area (Å²) in [6.45, 7) is 0.764. The Bertz CT molecular complexity index is 593. The van der Waals surface area contributed by atoms with E-state index in [4.69, 9.17) is 4.74 Å². The Labute approximate surface area is 143 Å². The number of alkyl halides is 1. The van der Waals surface area contributed by atoms with Gasteiger partial charge in [0.1, 0.15) is 0 Å². The number of nitrogens with zero attached hydrogens (tertiary/aromatic N) is 1. The van der Waals surface area contributed by atoms with Gasteiger partial charge in [-0.3, -0.25) is 14.1 Å². The summed E-state index contributed by atoms with van der Waals surface area (Å²) in [7, 11) is 1.50. The average Bonchev–Trinajstić information content (AvgIpc) is 3.32. The van der Waals surface area contributed by atoms with Crippen LogP contribution in [0, 0.1) is 17.8 Å². The van der Waals surface area contributed by atoms with Gasteiger partial charge in [-0.2, -0.15) is 0 Å². The number of benzene rings is 1. The van der Waals surface area contributed by atoms with Gasteiger partial charge in [-0.1, -0.05) is 30.3 Å². The van der Waals surface area contributed by atoms with Gasteiger partial charge in [0.2, 0.25) is 0 Å². The fourth-order valence-electron chi connectivity index (χ4n) is 5.09. The van der Waals surface area contributed by atoms with Crippen molar-refractivity contribution in [1.82, 2.24) is 4.90 Å². The van der Waals surface area contributed by atoms with Crippen molar-refractivity contribution in [3.63, 3.8) is 0 Å². The maximum atomic E-state index is 12.8. The van der Waals surface area contributed by atoms with Crippen LogP contribution in [0.1, 0.15) is 37.2 Å². The van der Waals surface area contributed by atoms with Gasteiger partial charge < -0.3 is 4.74 Å². The standard InChI is InChI=1S/C20H26FNO2/c1-24-20(23)19-17(13-5-3-2-4-6-13)10-16-7-8-18(19)22(16)12-15-9-14(15)11-21/h2-6,14-19H,7-12H2,1H3. The Balaban J connectivity index is 1.58. The first kappa shape index (κ1) is 16.1. The number of piperidine rings is 1. The minimum Gasteiger partial charge on any atom is -0.469 e. The van der Waals surface area contributed by atoms with Crippen molar-refractivity contribution < 1.29 is 13.9 Å². The van der Waals surface area contributed by atoms with Crippen LogP contribution in [0.15, 0.2) is 30.3 Å². The van der Waals surface area contributed by atoms with E-state index >= 15 is 0 Å². The molecule has 0 aromatic heterocycles. The third kappa shape index (κ3) is 2.75. The Morgan fingerprint density at radius 3 is 2.67 bits per heavy atom. The number of hydrogen-bond donors (Lipinski definition) is 0. The molecule has 2 bridgehead atoms. The molecule has 3 nitrogen and oxygen atoms in total. The molecule has 4 heteroatoms. The SMILES string of the molecule is COC(=O)C1C(c2ccccc2)CC2CCC1N2CC1CC1CF. The van der Waals surface area contributed by atoms with Gasteiger partial charge in [-0.25, -0.2) is 0 Å². The highest BCUT2D eigenvalue weighted by atomic mass is 19.1. The zero-order valence-corrected chi connectivity index (χ0v) is 14.2. The van der Waals surface area contributed by atoms with Crippen molar-refractivity contribution in [2.24, 2.45) is 17.8 Å². The molecular weight excluding hydrogens is 305 g/mol. The first-order valence-electron chi connectivity index (χ1n) is 9.17. The van der Waals surface area contributed by atoms with E-state index < -0.39 is 0 Å². The quantitative estimate of drug-likeness (QED) is 0.775. The van der Waals surface area contributed by atoms with E-state index in [1.54, 1.807) is 0 Å². The predicted octanol–water partition coefficient (Wildman–Crippen LogP) is 3.40. The fraction of sp³-hybridized carbons (Fsp3) is 0.650. The zero-order valence-electron chi connectivity index (χ0n) is 14.2. The molecule has 0 N–H and O–H groups in total. The highest BCUT2D eigenvalue weighted by molar-refractivity contribution is 5.75. The van der Waals surface area contributed by atoms with E-state index in [0.717, 1.165) is 32.2 Å². The van der Waals surface area contributed by atoms with Crippen molar-refractivity contribution in [3.8, 4) is 0 Å². The molecule has 2 saturated heterocycles. The van der Waals surface area contributed by atoms with Crippen LogP contribution in [0.4, 0.5) is 4.39 Å². The van der Waals surface area contributed by atoms with Gasteiger partial charge in [-0.05, 0) is 43.1 Å². The highest BCUT2D eigenvalue weighted by Gasteiger charge is 2.52. The second-order valence-corrected chi connectivity index (χ2v) is 7.71. The van der Waals surface area contributed by atoms with Crippen LogP contribution in [0.2, 0.25) is 0 Å². The lowest BCUT2D eigenvalue weighted by atomic mass is 9.76. The summed E-state index contributed by atoms with van der Waals surface area (Å²) in [6, 6.07) is 11.2. The van der Waals surface area contributed by atoms with E-state index in [1.165, 1.54) is 12.7 Å². The van der Waals surface area contributed by atoms with Crippen LogP contribution in [0.3, 0.4) is 0 Å². The molecular formula is C20H26FNO2. The van der Waals surface area contributed by atoms with E-state index in [0.29, 0.717) is 12.0 Å². The van der Waals surface area contributed by atoms with Crippen LogP contribution >= 0.6 is 0 Å². The van der Waals surface area contributed by atoms with Gasteiger partial charge in [0.15, 0.2) is 0 Å². The Hall–Kier alpha value is -1.42. The number of halogens is 1. The lowest BCUT2D eigenvalue weighted by molar-refractivity contribution is -0.150. The second kappa shape index (κ2) is 6.47. The fourth-order valence-corrected chi connectivity index (χ4v) is 5.09. The molecule has 3 aliphatic rings. The van der Waals surface area contributed by atoms with Gasteiger partial charge in [0, 0.05) is 24.5 Å². The summed E-state index contributed by atoms with van der Waals surface area (Å²) >= 11 is 0. The smallest absolute Gasteiger partial charge is 0.310 e. The van der Waals surface area contributed by atoms with E-state index in [1.807, 2.05) is 18.2 Å². The van der Waals surface area contributed by atoms with Crippen LogP contribution < -0.4 is 0 Å². The van der Waals surface area contributed by atoms with Gasteiger partial charge in [-0.15, -0.1) is 0 Å². The molecule has 4 rings (SSSR count). The van der Waals surface area contributed by atoms with Crippen molar-refractivity contribution in [1.29, 1.82) is 0 Å². The molecule has 6 atom stereocenters. The molecule has 24 heavy (non-hydrogen) atoms. The molecule has 6 unspecified atom stereocenters. The molecule has 3 fully saturated rings. The molecule has 1 aromatic carbocycles. The molecule has 0 spiro atoms. The Kier molecular flexibility index (Phi) is 4.33. The minimum absolute atomic E-state index is 0.0861. The average molecular weight is 331 g/mol. The number of carbonyl (C=O) groups is 1. The summed E-state index contributed by atoms with van der Waals surface area (Å²) in [4.78, 5) is 15.1. The number of carbonyl (C=O) groups excluding carboxylic acids is 1. The number of hydrogen-bond acceptors (Lipinski definition) is 3. The number of methoxy groups -OCH3 is 1. The van der Waals surface area contributed by atoms with Crippen molar-refractivity contribution in [2.45, 2.75) is 43.7 Å². The number of ether oxygens (including phenoxy) is 1. The molecule has 1 aromatic rings. The summed E-state index contributed by atoms with van der Waals surface area (Å²) < 4.78 is 18.0. The maximum absolute atomic E-state index is 12.8. The lowest BCUT2D eigenvalue weighted by Gasteiger charge is -2.44. The highest BCUT2D eigenvalue weighted by Crippen LogP contribution is 2.50. The summed E-state index contributed by atoms with van der Waals surface area (Å²) in [5.41, 5.74) is 1.25. The molecule has 130 valence electrons. The molecule has 2 heterocycles. The monoisotopic (exact) mass is 331 g/mol. The molecule has 0 amide bonds. The van der Waals surface area contributed by atoms with Gasteiger partial charge in [0.25, 0.3) is 0 Å². The minimum atomic E-state index is -0.194. The van der Waals surface area contributed by atoms with E-state index in [-0.39, 0.29) is 36.4 Å². The van der Waals surface area contributed by atoms with Gasteiger partial charge in [0.05, 0.1) is 19.7 Å². The molecule has 2 aliphatic heterocycles. The topological polar surface area (TPSA) is 29.5 Å². The first-order chi connectivity index (χ1) is 11.7. The molecule has 1 saturated carbocycles. The maximum Gasteiger partial charge on any atom is 0.310 e. The van der Waals surface area contributed by atoms with Crippen LogP contribution in [-0.4, -0.2) is 43.3 Å². The molecule has 0 radical (unpaired) electrons. The summed E-state index contributed by atoms with van der Waals surface area (Å²) in [5.74, 6) is 0.803. The predicted molar refractivity (Wildman–Crippen MR) is 90.4 cm³/mol. The Morgan fingerprint density at radius 1 is 1.21 bits per heavy atom. The molecule has 1 aliphatic carbocycles. The number of fused-ring (bicyclic) bond motifs is 2. The second-order valence-electron chi connectivity index (χ2n) is 7.71. The number of rotatable bonds is 5. The first-order valence-corrected chi connectivity index (χ1v) is 9.17. The number of esters is 1. The van der Waals surface area contributed by atoms with Crippen molar-refractivity contribution in [3.05, 3.63) is 35.9 Å². The summed E-state index contributed by atoms with van der Waals surface area (Å²) in [6.07, 6.45) is 4.22. The van der Waals surface area contributed by atoms with Crippen molar-refractivity contribution in [2.75, 3.05) is 20.3 Å². The van der Waals surface area contributed by atoms with Crippen molar-refractivity contribution >= 4 is 5.97 Å². The van der Waals surface area contributed by atoms with Gasteiger partial charge >= 0.3 is 5.97 Å². The third-order valence-electron chi connectivity index (χ3n) is 6.48. The van der Waals surface area contributed by atoms with Crippen LogP contribution in [0.5, 0.6) is 0 Å². The third-order valence-corrected chi connectivity index (χ3v) is 6.48. The normalized spacial score (nSPS) is 38.1. The lowest BCUT2D eigenvalue weighted by Crippen LogP contribution is -2.51. The summed E-state index contributed by atoms with van der Waals surface area (Å²) in [5, 5.41) is 0. The zero-order chi connectivity index (χ0) is 16.7. The van der Waals surface area contributed by atoms with E-state index in [2.05, 4.69) is 17.0 Å². The Morgan fingerprint density at radius 2 is 2.00 bits per heavy atom. The largest absolute Gasteiger partial charge is 0.469 e. The van der Waals surface area contributed by atoms with Crippen LogP contribution in [-0.2, 0) is 9.53 Å². The van der Waals surface area contributed by atoms with Crippen LogP contribution in [0.25, 0.3) is 0 Å². The van der Waals surface area contributed by atoms with E-state index in [9.17, 15) is 9.18 Å².